The molecule has 1 fully saturated rings. The molecule has 0 aromatic carbocycles. The summed E-state index contributed by atoms with van der Waals surface area (Å²) in [5.74, 6) is -0.109. The van der Waals surface area contributed by atoms with E-state index < -0.39 is 0 Å². The van der Waals surface area contributed by atoms with Crippen molar-refractivity contribution in [3.63, 3.8) is 0 Å². The number of nitrogens with one attached hydrogen (secondary N) is 1. The Morgan fingerprint density at radius 1 is 1.30 bits per heavy atom. The van der Waals surface area contributed by atoms with Crippen LogP contribution in [0.2, 0.25) is 0 Å². The monoisotopic (exact) mass is 277 g/mol. The largest absolute Gasteiger partial charge is 0.351 e. The molecule has 1 N–H and O–H groups in total. The van der Waals surface area contributed by atoms with Crippen molar-refractivity contribution in [1.29, 1.82) is 0 Å². The van der Waals surface area contributed by atoms with Gasteiger partial charge in [-0.3, -0.25) is 9.59 Å². The van der Waals surface area contributed by atoms with Crippen molar-refractivity contribution in [1.82, 2.24) is 14.8 Å². The minimum Gasteiger partial charge on any atom is -0.351 e. The van der Waals surface area contributed by atoms with Crippen LogP contribution < -0.4 is 10.9 Å². The summed E-state index contributed by atoms with van der Waals surface area (Å²) in [4.78, 5) is 25.9. The van der Waals surface area contributed by atoms with Gasteiger partial charge in [0, 0.05) is 24.8 Å². The standard InChI is InChI=1S/C15H23N3O2/c1-13(11-17-8-4-2-5-9-17)16-14(19)12-18-10-6-3-7-15(18)20/h3,6-7,10,13H,2,4-5,8-9,11-12H2,1H3,(H,16,19)/t13-/m0/s1. The number of amides is 1. The molecule has 5 heteroatoms. The summed E-state index contributed by atoms with van der Waals surface area (Å²) in [5, 5.41) is 2.96. The van der Waals surface area contributed by atoms with E-state index in [2.05, 4.69) is 10.2 Å². The molecule has 5 nitrogen and oxygen atoms in total. The number of piperidine rings is 1. The highest BCUT2D eigenvalue weighted by Gasteiger charge is 2.15. The second-order valence-corrected chi connectivity index (χ2v) is 5.50. The Morgan fingerprint density at radius 2 is 2.05 bits per heavy atom. The summed E-state index contributed by atoms with van der Waals surface area (Å²) in [6, 6.07) is 5.01. The van der Waals surface area contributed by atoms with Crippen molar-refractivity contribution in [2.75, 3.05) is 19.6 Å². The van der Waals surface area contributed by atoms with E-state index in [9.17, 15) is 9.59 Å². The lowest BCUT2D eigenvalue weighted by Crippen LogP contribution is -2.45. The maximum Gasteiger partial charge on any atom is 0.250 e. The molecule has 0 spiro atoms. The minimum atomic E-state index is -0.147. The fourth-order valence-corrected chi connectivity index (χ4v) is 2.64. The Kier molecular flexibility index (Phi) is 5.35. The van der Waals surface area contributed by atoms with Gasteiger partial charge in [-0.05, 0) is 38.9 Å². The van der Waals surface area contributed by atoms with Gasteiger partial charge in [0.2, 0.25) is 5.91 Å². The second kappa shape index (κ2) is 7.24. The molecular formula is C15H23N3O2. The molecule has 110 valence electrons. The zero-order valence-corrected chi connectivity index (χ0v) is 12.0. The van der Waals surface area contributed by atoms with Crippen molar-refractivity contribution < 1.29 is 4.79 Å². The molecule has 1 aliphatic heterocycles. The normalized spacial score (nSPS) is 17.6. The van der Waals surface area contributed by atoms with Crippen LogP contribution in [0.5, 0.6) is 0 Å². The molecule has 20 heavy (non-hydrogen) atoms. The predicted molar refractivity (Wildman–Crippen MR) is 78.6 cm³/mol. The van der Waals surface area contributed by atoms with Crippen molar-refractivity contribution in [2.24, 2.45) is 0 Å². The highest BCUT2D eigenvalue weighted by molar-refractivity contribution is 5.76. The molecule has 1 aliphatic rings. The zero-order valence-electron chi connectivity index (χ0n) is 12.0. The Hall–Kier alpha value is -1.62. The van der Waals surface area contributed by atoms with Gasteiger partial charge < -0.3 is 14.8 Å². The third kappa shape index (κ3) is 4.49. The molecule has 2 heterocycles. The van der Waals surface area contributed by atoms with E-state index in [0.29, 0.717) is 0 Å². The van der Waals surface area contributed by atoms with Gasteiger partial charge in [-0.25, -0.2) is 0 Å². The lowest BCUT2D eigenvalue weighted by molar-refractivity contribution is -0.122. The number of hydrogen-bond donors (Lipinski definition) is 1. The molecule has 2 rings (SSSR count). The first-order chi connectivity index (χ1) is 9.65. The van der Waals surface area contributed by atoms with Crippen LogP contribution in [0.3, 0.4) is 0 Å². The van der Waals surface area contributed by atoms with Gasteiger partial charge in [-0.2, -0.15) is 0 Å². The maximum atomic E-state index is 11.9. The SMILES string of the molecule is C[C@@H](CN1CCCCC1)NC(=O)Cn1ccccc1=O. The summed E-state index contributed by atoms with van der Waals surface area (Å²) >= 11 is 0. The van der Waals surface area contributed by atoms with Crippen LogP contribution in [0.25, 0.3) is 0 Å². The molecule has 1 saturated heterocycles. The van der Waals surface area contributed by atoms with Crippen molar-refractivity contribution in [3.05, 3.63) is 34.7 Å². The van der Waals surface area contributed by atoms with Gasteiger partial charge in [0.05, 0.1) is 0 Å². The van der Waals surface area contributed by atoms with Gasteiger partial charge in [0.15, 0.2) is 0 Å². The van der Waals surface area contributed by atoms with Gasteiger partial charge in [-0.1, -0.05) is 12.5 Å². The van der Waals surface area contributed by atoms with Crippen LogP contribution in [0.15, 0.2) is 29.2 Å². The van der Waals surface area contributed by atoms with Crippen molar-refractivity contribution in [2.45, 2.75) is 38.8 Å². The van der Waals surface area contributed by atoms with E-state index in [1.54, 1.807) is 18.3 Å². The molecule has 0 saturated carbocycles. The number of nitrogens with zero attached hydrogens (tertiary/aromatic N) is 2. The maximum absolute atomic E-state index is 11.9. The lowest BCUT2D eigenvalue weighted by atomic mass is 10.1. The summed E-state index contributed by atoms with van der Waals surface area (Å²) in [6.45, 7) is 5.23. The number of carbonyl (C=O) groups excluding carboxylic acids is 1. The van der Waals surface area contributed by atoms with Gasteiger partial charge in [-0.15, -0.1) is 0 Å². The van der Waals surface area contributed by atoms with E-state index in [-0.39, 0.29) is 24.1 Å². The number of rotatable bonds is 5. The van der Waals surface area contributed by atoms with Crippen molar-refractivity contribution >= 4 is 5.91 Å². The molecular weight excluding hydrogens is 254 g/mol. The van der Waals surface area contributed by atoms with E-state index >= 15 is 0 Å². The van der Waals surface area contributed by atoms with Gasteiger partial charge >= 0.3 is 0 Å². The van der Waals surface area contributed by atoms with Gasteiger partial charge in [0.1, 0.15) is 6.54 Å². The number of carbonyl (C=O) groups is 1. The average Bonchev–Trinajstić information content (AvgIpc) is 2.42. The number of pyridine rings is 1. The third-order valence-electron chi connectivity index (χ3n) is 3.60. The summed E-state index contributed by atoms with van der Waals surface area (Å²) in [7, 11) is 0. The van der Waals surface area contributed by atoms with Crippen LogP contribution in [-0.2, 0) is 11.3 Å². The summed E-state index contributed by atoms with van der Waals surface area (Å²) in [6.07, 6.45) is 5.45. The highest BCUT2D eigenvalue weighted by atomic mass is 16.2. The smallest absolute Gasteiger partial charge is 0.250 e. The van der Waals surface area contributed by atoms with Crippen LogP contribution in [0, 0.1) is 0 Å². The summed E-state index contributed by atoms with van der Waals surface area (Å²) in [5.41, 5.74) is -0.147. The van der Waals surface area contributed by atoms with E-state index in [4.69, 9.17) is 0 Å². The fraction of sp³-hybridized carbons (Fsp3) is 0.600. The first kappa shape index (κ1) is 14.8. The van der Waals surface area contributed by atoms with Crippen LogP contribution >= 0.6 is 0 Å². The van der Waals surface area contributed by atoms with E-state index in [0.717, 1.165) is 19.6 Å². The quantitative estimate of drug-likeness (QED) is 0.867. The first-order valence-corrected chi connectivity index (χ1v) is 7.32. The predicted octanol–water partition coefficient (Wildman–Crippen LogP) is 0.839. The molecule has 0 radical (unpaired) electrons. The molecule has 0 unspecified atom stereocenters. The van der Waals surface area contributed by atoms with Crippen molar-refractivity contribution in [3.8, 4) is 0 Å². The Labute approximate surface area is 119 Å². The Balaban J connectivity index is 1.79. The number of hydrogen-bond acceptors (Lipinski definition) is 3. The fourth-order valence-electron chi connectivity index (χ4n) is 2.64. The second-order valence-electron chi connectivity index (χ2n) is 5.50. The number of likely N-dealkylation sites (tertiary alicyclic amines) is 1. The highest BCUT2D eigenvalue weighted by Crippen LogP contribution is 2.08. The molecule has 0 aliphatic carbocycles. The van der Waals surface area contributed by atoms with Crippen LogP contribution in [-0.4, -0.2) is 41.1 Å². The molecule has 1 atom stereocenters. The zero-order chi connectivity index (χ0) is 14.4. The summed E-state index contributed by atoms with van der Waals surface area (Å²) < 4.78 is 1.42. The Morgan fingerprint density at radius 3 is 2.75 bits per heavy atom. The topological polar surface area (TPSA) is 54.3 Å². The van der Waals surface area contributed by atoms with E-state index in [1.165, 1.54) is 29.9 Å². The van der Waals surface area contributed by atoms with Gasteiger partial charge in [0.25, 0.3) is 5.56 Å². The minimum absolute atomic E-state index is 0.0873. The van der Waals surface area contributed by atoms with E-state index in [1.807, 2.05) is 6.92 Å². The van der Waals surface area contributed by atoms with Crippen LogP contribution in [0.1, 0.15) is 26.2 Å². The third-order valence-corrected chi connectivity index (χ3v) is 3.60. The molecule has 1 amide bonds. The molecule has 1 aromatic rings. The first-order valence-electron chi connectivity index (χ1n) is 7.32. The lowest BCUT2D eigenvalue weighted by Gasteiger charge is -2.29. The molecule has 1 aromatic heterocycles. The average molecular weight is 277 g/mol. The number of aromatic nitrogens is 1. The Bertz CT molecular complexity index is 492. The molecule has 0 bridgehead atoms. The van der Waals surface area contributed by atoms with Crippen LogP contribution in [0.4, 0.5) is 0 Å².